The number of rotatable bonds is 5. The summed E-state index contributed by atoms with van der Waals surface area (Å²) in [5.74, 6) is -2.76. The Morgan fingerprint density at radius 2 is 1.60 bits per heavy atom. The monoisotopic (exact) mass is 455 g/mol. The third-order valence-corrected chi connectivity index (χ3v) is 5.52. The molecule has 0 unspecified atom stereocenters. The lowest BCUT2D eigenvalue weighted by atomic mass is 9.93. The van der Waals surface area contributed by atoms with Crippen molar-refractivity contribution in [1.29, 1.82) is 0 Å². The molecule has 0 saturated heterocycles. The number of aliphatic carboxylic acids is 1. The van der Waals surface area contributed by atoms with Crippen molar-refractivity contribution < 1.29 is 41.4 Å². The zero-order valence-electron chi connectivity index (χ0n) is 15.9. The summed E-state index contributed by atoms with van der Waals surface area (Å²) in [6.45, 7) is 0.489. The van der Waals surface area contributed by atoms with Crippen LogP contribution in [-0.2, 0) is 21.2 Å². The van der Waals surface area contributed by atoms with E-state index in [1.807, 2.05) is 4.72 Å². The van der Waals surface area contributed by atoms with Crippen molar-refractivity contribution in [3.63, 3.8) is 0 Å². The Kier molecular flexibility index (Phi) is 9.52. The summed E-state index contributed by atoms with van der Waals surface area (Å²) in [4.78, 5) is 20.8. The minimum absolute atomic E-state index is 0.0347. The molecular formula is C17H24F3N3O6S. The molecule has 0 heterocycles. The summed E-state index contributed by atoms with van der Waals surface area (Å²) >= 11 is 0. The lowest BCUT2D eigenvalue weighted by molar-refractivity contribution is -0.192. The van der Waals surface area contributed by atoms with Gasteiger partial charge in [-0.3, -0.25) is 0 Å². The van der Waals surface area contributed by atoms with E-state index in [0.29, 0.717) is 38.6 Å². The van der Waals surface area contributed by atoms with Crippen molar-refractivity contribution in [3.05, 3.63) is 29.8 Å². The Morgan fingerprint density at radius 1 is 1.10 bits per heavy atom. The first-order chi connectivity index (χ1) is 13.8. The number of halogens is 3. The van der Waals surface area contributed by atoms with Gasteiger partial charge in [-0.2, -0.15) is 13.2 Å². The number of alkyl halides is 3. The van der Waals surface area contributed by atoms with Crippen LogP contribution in [0.4, 0.5) is 18.0 Å². The van der Waals surface area contributed by atoms with Crippen molar-refractivity contribution in [1.82, 2.24) is 10.0 Å². The van der Waals surface area contributed by atoms with Gasteiger partial charge in [0.2, 0.25) is 0 Å². The molecule has 13 heteroatoms. The summed E-state index contributed by atoms with van der Waals surface area (Å²) in [5, 5.41) is 19.2. The number of aliphatic hydroxyl groups excluding tert-OH is 1. The van der Waals surface area contributed by atoms with Crippen molar-refractivity contribution >= 4 is 22.0 Å². The van der Waals surface area contributed by atoms with E-state index in [9.17, 15) is 31.5 Å². The molecule has 1 aliphatic carbocycles. The predicted octanol–water partition coefficient (Wildman–Crippen LogP) is 1.11. The first-order valence-corrected chi connectivity index (χ1v) is 10.4. The second-order valence-corrected chi connectivity index (χ2v) is 8.25. The molecule has 30 heavy (non-hydrogen) atoms. The van der Waals surface area contributed by atoms with E-state index in [2.05, 4.69) is 5.32 Å². The van der Waals surface area contributed by atoms with Gasteiger partial charge in [-0.1, -0.05) is 12.1 Å². The molecule has 0 radical (unpaired) electrons. The minimum Gasteiger partial charge on any atom is -0.475 e. The molecule has 0 bridgehead atoms. The normalized spacial score (nSPS) is 19.2. The second-order valence-electron chi connectivity index (χ2n) is 6.57. The SMILES string of the molecule is NCCc1ccc(S(=O)(=O)NC(=O)NC2CCC(O)CC2)cc1.O=C(O)C(F)(F)F. The third kappa shape index (κ3) is 8.97. The van der Waals surface area contributed by atoms with E-state index in [0.717, 1.165) is 5.56 Å². The fraction of sp³-hybridized carbons (Fsp3) is 0.529. The molecular weight excluding hydrogens is 431 g/mol. The first kappa shape index (κ1) is 25.7. The average Bonchev–Trinajstić information content (AvgIpc) is 2.63. The van der Waals surface area contributed by atoms with Gasteiger partial charge in [-0.25, -0.2) is 22.7 Å². The van der Waals surface area contributed by atoms with E-state index in [-0.39, 0.29) is 17.0 Å². The number of carbonyl (C=O) groups is 2. The summed E-state index contributed by atoms with van der Waals surface area (Å²) in [7, 11) is -3.90. The molecule has 9 nitrogen and oxygen atoms in total. The number of carboxylic acid groups (broad SMARTS) is 1. The number of nitrogens with two attached hydrogens (primary N) is 1. The molecule has 1 aromatic rings. The molecule has 0 aliphatic heterocycles. The molecule has 0 aromatic heterocycles. The Hall–Kier alpha value is -2.38. The molecule has 170 valence electrons. The Bertz CT molecular complexity index is 807. The number of amides is 2. The van der Waals surface area contributed by atoms with E-state index in [1.165, 1.54) is 12.1 Å². The van der Waals surface area contributed by atoms with Crippen LogP contribution in [0.2, 0.25) is 0 Å². The predicted molar refractivity (Wildman–Crippen MR) is 100 cm³/mol. The minimum atomic E-state index is -5.08. The summed E-state index contributed by atoms with van der Waals surface area (Å²) < 4.78 is 58.1. The molecule has 6 N–H and O–H groups in total. The van der Waals surface area contributed by atoms with Gasteiger partial charge in [0.15, 0.2) is 0 Å². The lowest BCUT2D eigenvalue weighted by Gasteiger charge is -2.26. The average molecular weight is 455 g/mol. The number of hydrogen-bond donors (Lipinski definition) is 5. The Labute approximate surface area is 171 Å². The molecule has 0 spiro atoms. The highest BCUT2D eigenvalue weighted by Gasteiger charge is 2.38. The van der Waals surface area contributed by atoms with Crippen LogP contribution in [0.15, 0.2) is 29.2 Å². The molecule has 1 saturated carbocycles. The van der Waals surface area contributed by atoms with Crippen LogP contribution >= 0.6 is 0 Å². The van der Waals surface area contributed by atoms with Crippen LogP contribution in [-0.4, -0.2) is 55.5 Å². The summed E-state index contributed by atoms with van der Waals surface area (Å²) in [6, 6.07) is 5.43. The van der Waals surface area contributed by atoms with Gasteiger partial charge in [-0.15, -0.1) is 0 Å². The van der Waals surface area contributed by atoms with Crippen molar-refractivity contribution in [3.8, 4) is 0 Å². The number of urea groups is 1. The van der Waals surface area contributed by atoms with E-state index < -0.39 is 28.2 Å². The fourth-order valence-corrected chi connectivity index (χ4v) is 3.53. The smallest absolute Gasteiger partial charge is 0.475 e. The molecule has 1 aliphatic rings. The molecule has 2 rings (SSSR count). The van der Waals surface area contributed by atoms with E-state index >= 15 is 0 Å². The number of nitrogens with one attached hydrogen (secondary N) is 2. The van der Waals surface area contributed by atoms with Gasteiger partial charge in [0.25, 0.3) is 10.0 Å². The second kappa shape index (κ2) is 11.1. The van der Waals surface area contributed by atoms with Crippen LogP contribution < -0.4 is 15.8 Å². The van der Waals surface area contributed by atoms with Crippen molar-refractivity contribution in [2.24, 2.45) is 5.73 Å². The summed E-state index contributed by atoms with van der Waals surface area (Å²) in [6.07, 6.45) is -2.24. The van der Waals surface area contributed by atoms with Gasteiger partial charge in [-0.05, 0) is 56.3 Å². The molecule has 0 atom stereocenters. The maximum absolute atomic E-state index is 12.2. The number of carboxylic acids is 1. The van der Waals surface area contributed by atoms with E-state index in [4.69, 9.17) is 15.6 Å². The molecule has 1 aromatic carbocycles. The zero-order valence-corrected chi connectivity index (χ0v) is 16.7. The van der Waals surface area contributed by atoms with Crippen molar-refractivity contribution in [2.75, 3.05) is 6.54 Å². The largest absolute Gasteiger partial charge is 0.490 e. The fourth-order valence-electron chi connectivity index (χ4n) is 2.62. The molecule has 1 fully saturated rings. The van der Waals surface area contributed by atoms with Gasteiger partial charge in [0.1, 0.15) is 0 Å². The zero-order chi connectivity index (χ0) is 22.9. The summed E-state index contributed by atoms with van der Waals surface area (Å²) in [5.41, 5.74) is 6.39. The number of benzene rings is 1. The van der Waals surface area contributed by atoms with Gasteiger partial charge in [0, 0.05) is 6.04 Å². The highest BCUT2D eigenvalue weighted by Crippen LogP contribution is 2.18. The lowest BCUT2D eigenvalue weighted by Crippen LogP contribution is -2.46. The maximum atomic E-state index is 12.2. The molecule has 2 amide bonds. The standard InChI is InChI=1S/C15H23N3O4S.C2HF3O2/c16-10-9-11-1-7-14(8-2-11)23(21,22)18-15(20)17-12-3-5-13(19)6-4-12;3-2(4,5)1(6)7/h1-2,7-8,12-13,19H,3-6,9-10,16H2,(H2,17,18,20);(H,6,7). The quantitative estimate of drug-likeness (QED) is 0.445. The highest BCUT2D eigenvalue weighted by atomic mass is 32.2. The van der Waals surface area contributed by atoms with Gasteiger partial charge < -0.3 is 21.3 Å². The number of sulfonamides is 1. The van der Waals surface area contributed by atoms with Crippen molar-refractivity contribution in [2.45, 2.75) is 55.3 Å². The maximum Gasteiger partial charge on any atom is 0.490 e. The Morgan fingerprint density at radius 3 is 2.03 bits per heavy atom. The van der Waals surface area contributed by atoms with Crippen LogP contribution in [0, 0.1) is 0 Å². The number of hydrogen-bond acceptors (Lipinski definition) is 6. The van der Waals surface area contributed by atoms with E-state index in [1.54, 1.807) is 12.1 Å². The number of carbonyl (C=O) groups excluding carboxylic acids is 1. The van der Waals surface area contributed by atoms with Crippen LogP contribution in [0.5, 0.6) is 0 Å². The van der Waals surface area contributed by atoms with Crippen LogP contribution in [0.25, 0.3) is 0 Å². The first-order valence-electron chi connectivity index (χ1n) is 8.95. The topological polar surface area (TPSA) is 159 Å². The van der Waals surface area contributed by atoms with Gasteiger partial charge in [0.05, 0.1) is 11.0 Å². The van der Waals surface area contributed by atoms with Crippen LogP contribution in [0.1, 0.15) is 31.2 Å². The highest BCUT2D eigenvalue weighted by molar-refractivity contribution is 7.90. The van der Waals surface area contributed by atoms with Crippen LogP contribution in [0.3, 0.4) is 0 Å². The Balaban J connectivity index is 0.000000553. The van der Waals surface area contributed by atoms with Gasteiger partial charge >= 0.3 is 18.2 Å². The third-order valence-electron chi connectivity index (χ3n) is 4.17. The number of aliphatic hydroxyl groups is 1.